The van der Waals surface area contributed by atoms with Crippen molar-refractivity contribution in [2.45, 2.75) is 11.8 Å². The van der Waals surface area contributed by atoms with Crippen molar-refractivity contribution in [3.63, 3.8) is 0 Å². The van der Waals surface area contributed by atoms with E-state index in [2.05, 4.69) is 0 Å². The Morgan fingerprint density at radius 3 is 2.29 bits per heavy atom. The number of rotatable bonds is 6. The number of sulfonamides is 1. The average Bonchev–Trinajstić information content (AvgIpc) is 2.61. The van der Waals surface area contributed by atoms with Gasteiger partial charge in [0.25, 0.3) is 10.0 Å². The molecule has 7 heteroatoms. The summed E-state index contributed by atoms with van der Waals surface area (Å²) >= 11 is 0. The lowest BCUT2D eigenvalue weighted by Gasteiger charge is -2.21. The highest BCUT2D eigenvalue weighted by atomic mass is 32.2. The third-order valence-electron chi connectivity index (χ3n) is 3.45. The molecule has 0 saturated heterocycles. The molecule has 0 radical (unpaired) electrons. The molecule has 2 aromatic rings. The van der Waals surface area contributed by atoms with Gasteiger partial charge in [0.15, 0.2) is 0 Å². The van der Waals surface area contributed by atoms with Crippen LogP contribution < -0.4 is 9.04 Å². The molecule has 0 unspecified atom stereocenters. The van der Waals surface area contributed by atoms with Crippen LogP contribution in [0.15, 0.2) is 53.4 Å². The summed E-state index contributed by atoms with van der Waals surface area (Å²) in [6.07, 6.45) is 0. The van der Waals surface area contributed by atoms with Crippen LogP contribution in [-0.4, -0.2) is 35.2 Å². The second kappa shape index (κ2) is 7.35. The first-order chi connectivity index (χ1) is 11.4. The lowest BCUT2D eigenvalue weighted by molar-refractivity contribution is 0.0526. The zero-order valence-electron chi connectivity index (χ0n) is 13.7. The molecule has 2 aromatic carbocycles. The van der Waals surface area contributed by atoms with E-state index >= 15 is 0 Å². The molecule has 0 N–H and O–H groups in total. The first-order valence-electron chi connectivity index (χ1n) is 7.31. The topological polar surface area (TPSA) is 72.9 Å². The minimum atomic E-state index is -3.78. The summed E-state index contributed by atoms with van der Waals surface area (Å²) in [5.41, 5.74) is 0.727. The number of para-hydroxylation sites is 2. The van der Waals surface area contributed by atoms with Crippen molar-refractivity contribution in [2.75, 3.05) is 25.1 Å². The van der Waals surface area contributed by atoms with Gasteiger partial charge in [-0.2, -0.15) is 0 Å². The van der Waals surface area contributed by atoms with Crippen LogP contribution in [0.1, 0.15) is 17.3 Å². The molecule has 0 saturated carbocycles. The molecular weight excluding hydrogens is 330 g/mol. The molecule has 0 aliphatic heterocycles. The molecule has 0 aliphatic rings. The first kappa shape index (κ1) is 17.8. The molecule has 0 bridgehead atoms. The minimum absolute atomic E-state index is 0.0731. The van der Waals surface area contributed by atoms with Crippen molar-refractivity contribution in [3.8, 4) is 5.75 Å². The smallest absolute Gasteiger partial charge is 0.338 e. The van der Waals surface area contributed by atoms with Crippen LogP contribution in [0.3, 0.4) is 0 Å². The number of carbonyl (C=O) groups is 1. The maximum Gasteiger partial charge on any atom is 0.338 e. The highest BCUT2D eigenvalue weighted by molar-refractivity contribution is 7.92. The van der Waals surface area contributed by atoms with Crippen molar-refractivity contribution in [1.82, 2.24) is 0 Å². The number of hydrogen-bond acceptors (Lipinski definition) is 5. The normalized spacial score (nSPS) is 11.0. The predicted molar refractivity (Wildman–Crippen MR) is 91.0 cm³/mol. The molecule has 0 fully saturated rings. The van der Waals surface area contributed by atoms with Gasteiger partial charge >= 0.3 is 5.97 Å². The number of esters is 1. The molecule has 0 heterocycles. The summed E-state index contributed by atoms with van der Waals surface area (Å²) < 4.78 is 36.8. The van der Waals surface area contributed by atoms with Crippen LogP contribution in [0.2, 0.25) is 0 Å². The summed E-state index contributed by atoms with van der Waals surface area (Å²) in [4.78, 5) is 11.7. The van der Waals surface area contributed by atoms with E-state index in [0.29, 0.717) is 17.0 Å². The van der Waals surface area contributed by atoms with E-state index in [0.717, 1.165) is 4.31 Å². The van der Waals surface area contributed by atoms with Gasteiger partial charge in [0, 0.05) is 7.05 Å². The van der Waals surface area contributed by atoms with Crippen LogP contribution in [0.5, 0.6) is 5.75 Å². The van der Waals surface area contributed by atoms with Crippen LogP contribution in [-0.2, 0) is 14.8 Å². The average molecular weight is 349 g/mol. The number of methoxy groups -OCH3 is 1. The van der Waals surface area contributed by atoms with Gasteiger partial charge in [0.2, 0.25) is 0 Å². The molecule has 0 aromatic heterocycles. The van der Waals surface area contributed by atoms with Crippen molar-refractivity contribution in [3.05, 3.63) is 54.1 Å². The highest BCUT2D eigenvalue weighted by Crippen LogP contribution is 2.30. The van der Waals surface area contributed by atoms with Gasteiger partial charge in [-0.05, 0) is 43.3 Å². The fraction of sp³-hybridized carbons (Fsp3) is 0.235. The third-order valence-corrected chi connectivity index (χ3v) is 5.23. The maximum atomic E-state index is 12.8. The van der Waals surface area contributed by atoms with Gasteiger partial charge in [-0.15, -0.1) is 0 Å². The monoisotopic (exact) mass is 349 g/mol. The minimum Gasteiger partial charge on any atom is -0.495 e. The standard InChI is InChI=1S/C17H19NO5S/c1-4-23-17(19)13-9-11-14(12-10-13)24(20,21)18(2)15-7-5-6-8-16(15)22-3/h5-12H,4H2,1-3H3. The number of benzene rings is 2. The molecule has 0 atom stereocenters. The SMILES string of the molecule is CCOC(=O)c1ccc(S(=O)(=O)N(C)c2ccccc2OC)cc1. The molecule has 0 aliphatic carbocycles. The molecular formula is C17H19NO5S. The van der Waals surface area contributed by atoms with Crippen molar-refractivity contribution in [1.29, 1.82) is 0 Å². The zero-order valence-corrected chi connectivity index (χ0v) is 14.5. The summed E-state index contributed by atoms with van der Waals surface area (Å²) in [6, 6.07) is 12.5. The molecule has 24 heavy (non-hydrogen) atoms. The fourth-order valence-corrected chi connectivity index (χ4v) is 3.36. The Morgan fingerprint density at radius 2 is 1.71 bits per heavy atom. The van der Waals surface area contributed by atoms with Gasteiger partial charge in [0.1, 0.15) is 5.75 Å². The van der Waals surface area contributed by atoms with Crippen molar-refractivity contribution in [2.24, 2.45) is 0 Å². The fourth-order valence-electron chi connectivity index (χ4n) is 2.15. The quantitative estimate of drug-likeness (QED) is 0.750. The van der Waals surface area contributed by atoms with Gasteiger partial charge in [-0.3, -0.25) is 4.31 Å². The maximum absolute atomic E-state index is 12.8. The Hall–Kier alpha value is -2.54. The number of carbonyl (C=O) groups excluding carboxylic acids is 1. The van der Waals surface area contributed by atoms with Crippen LogP contribution in [0, 0.1) is 0 Å². The van der Waals surface area contributed by atoms with E-state index in [1.165, 1.54) is 38.4 Å². The summed E-state index contributed by atoms with van der Waals surface area (Å²) in [7, 11) is -0.848. The largest absolute Gasteiger partial charge is 0.495 e. The second-order valence-electron chi connectivity index (χ2n) is 4.89. The van der Waals surface area contributed by atoms with E-state index in [9.17, 15) is 13.2 Å². The van der Waals surface area contributed by atoms with Gasteiger partial charge in [-0.1, -0.05) is 12.1 Å². The Bertz CT molecular complexity index is 815. The number of nitrogens with zero attached hydrogens (tertiary/aromatic N) is 1. The van der Waals surface area contributed by atoms with E-state index in [1.54, 1.807) is 31.2 Å². The van der Waals surface area contributed by atoms with E-state index in [4.69, 9.17) is 9.47 Å². The van der Waals surface area contributed by atoms with Gasteiger partial charge < -0.3 is 9.47 Å². The Balaban J connectivity index is 2.34. The molecule has 128 valence electrons. The third kappa shape index (κ3) is 3.51. The number of ether oxygens (including phenoxy) is 2. The van der Waals surface area contributed by atoms with Crippen molar-refractivity contribution >= 4 is 21.7 Å². The summed E-state index contributed by atoms with van der Waals surface area (Å²) in [5, 5.41) is 0. The van der Waals surface area contributed by atoms with Crippen LogP contribution >= 0.6 is 0 Å². The number of hydrogen-bond donors (Lipinski definition) is 0. The summed E-state index contributed by atoms with van der Waals surface area (Å²) in [5.74, 6) is -0.0359. The Morgan fingerprint density at radius 1 is 1.08 bits per heavy atom. The van der Waals surface area contributed by atoms with E-state index in [1.807, 2.05) is 0 Å². The van der Waals surface area contributed by atoms with Crippen LogP contribution in [0.4, 0.5) is 5.69 Å². The predicted octanol–water partition coefficient (Wildman–Crippen LogP) is 2.70. The van der Waals surface area contributed by atoms with Gasteiger partial charge in [0.05, 0.1) is 29.9 Å². The first-order valence-corrected chi connectivity index (χ1v) is 8.75. The lowest BCUT2D eigenvalue weighted by atomic mass is 10.2. The van der Waals surface area contributed by atoms with E-state index in [-0.39, 0.29) is 11.5 Å². The molecule has 0 spiro atoms. The molecule has 0 amide bonds. The summed E-state index contributed by atoms with van der Waals surface area (Å²) in [6.45, 7) is 1.97. The van der Waals surface area contributed by atoms with E-state index < -0.39 is 16.0 Å². The second-order valence-corrected chi connectivity index (χ2v) is 6.86. The zero-order chi connectivity index (χ0) is 17.7. The number of anilines is 1. The molecule has 2 rings (SSSR count). The van der Waals surface area contributed by atoms with Crippen molar-refractivity contribution < 1.29 is 22.7 Å². The lowest BCUT2D eigenvalue weighted by Crippen LogP contribution is -2.27. The highest BCUT2D eigenvalue weighted by Gasteiger charge is 2.23. The Kier molecular flexibility index (Phi) is 5.46. The van der Waals surface area contributed by atoms with Gasteiger partial charge in [-0.25, -0.2) is 13.2 Å². The molecule has 6 nitrogen and oxygen atoms in total. The Labute approximate surface area is 141 Å². The van der Waals surface area contributed by atoms with Crippen LogP contribution in [0.25, 0.3) is 0 Å².